The average molecular weight is 1670 g/mol. The molecule has 8 aromatic carbocycles. The topological polar surface area (TPSA) is 201 Å². The second-order valence-corrected chi connectivity index (χ2v) is 23.5. The number of aliphatic carboxylic acids is 2. The van der Waals surface area contributed by atoms with E-state index in [9.17, 15) is 9.59 Å². The smallest absolute Gasteiger partial charge is 0.492 e. The molecule has 5 N–H and O–H groups in total. The van der Waals surface area contributed by atoms with Crippen molar-refractivity contribution >= 4 is 137 Å². The van der Waals surface area contributed by atoms with Gasteiger partial charge in [0.1, 0.15) is 23.0 Å². The predicted molar refractivity (Wildman–Crippen MR) is 389 cm³/mol. The Kier molecular flexibility index (Phi) is 44.3. The Balaban J connectivity index is 0.00000108. The molecule has 0 radical (unpaired) electrons. The van der Waals surface area contributed by atoms with Gasteiger partial charge in [-0.25, -0.2) is 0 Å². The molecule has 0 saturated carbocycles. The third-order valence-corrected chi connectivity index (χ3v) is 14.9. The van der Waals surface area contributed by atoms with Gasteiger partial charge >= 0.3 is 7.12 Å². The van der Waals surface area contributed by atoms with Gasteiger partial charge in [-0.2, -0.15) is 0 Å². The summed E-state index contributed by atoms with van der Waals surface area (Å²) < 4.78 is 23.1. The number of ether oxygens (including phenoxy) is 4. The standard InChI is InChI=1S/C18H18ClNO2.C14H12BrClO.C14H13ClO.C7H8BBrO3.C6H4ClI.C4H7NO.2C2H4O2.2CH4.Pd/c1-22-17-8-7-13(12-20-9-3-6-18(20)21)10-16(17)14-4-2-5-15(19)11-14;1-17-14-6-5-10(9-15)7-13(14)11-3-2-4-12(16)8-11;1-10-6-7-14(16-2)13(8-10)11-4-3-5-12(15)9-11;1-12-7-3-2-5(9)4-6(7)8(10)11;7-5-2-1-3-6(8)4-5;6-4-2-1-3-5-4;2*1-2(3)4;;;/h2,4-5,7-8,10-11H,3,6,9,12H2,1H3;2-8H,9H2,1H3;3-9H,1-2H3;2-4,10-11H,1H3;1-4H;1-3H2,(H,5,6);2*1H3,(H,3,4);2*1H4;. The second-order valence-electron chi connectivity index (χ2n) is 19.0. The Labute approximate surface area is 606 Å². The van der Waals surface area contributed by atoms with Gasteiger partial charge in [0.15, 0.2) is 0 Å². The molecule has 2 heterocycles. The molecule has 0 atom stereocenters. The molecule has 14 nitrogen and oxygen atoms in total. The maximum atomic E-state index is 11.8. The van der Waals surface area contributed by atoms with Crippen molar-refractivity contribution in [3.05, 3.63) is 215 Å². The van der Waals surface area contributed by atoms with Crippen molar-refractivity contribution in [3.8, 4) is 56.4 Å². The maximum absolute atomic E-state index is 11.8. The maximum Gasteiger partial charge on any atom is 0.492 e. The van der Waals surface area contributed by atoms with Crippen molar-refractivity contribution in [2.45, 2.75) is 73.2 Å². The van der Waals surface area contributed by atoms with Crippen LogP contribution in [0, 0.1) is 10.5 Å². The van der Waals surface area contributed by atoms with Crippen molar-refractivity contribution in [1.29, 1.82) is 0 Å². The Morgan fingerprint density at radius 3 is 1.34 bits per heavy atom. The van der Waals surface area contributed by atoms with Gasteiger partial charge in [-0.05, 0) is 179 Å². The van der Waals surface area contributed by atoms with Gasteiger partial charge in [0.05, 0.1) is 28.4 Å². The third-order valence-electron chi connectivity index (χ3n) is 12.1. The van der Waals surface area contributed by atoms with Crippen LogP contribution in [-0.4, -0.2) is 97.6 Å². The van der Waals surface area contributed by atoms with Crippen LogP contribution in [0.25, 0.3) is 33.4 Å². The summed E-state index contributed by atoms with van der Waals surface area (Å²) in [5.41, 5.74) is 10.2. The molecule has 2 aliphatic rings. The fourth-order valence-corrected chi connectivity index (χ4v) is 10.4. The molecule has 498 valence electrons. The van der Waals surface area contributed by atoms with Crippen molar-refractivity contribution in [2.75, 3.05) is 41.5 Å². The number of methoxy groups -OCH3 is 4. The first-order valence-corrected chi connectivity index (χ1v) is 31.8. The number of alkyl halides is 1. The second kappa shape index (κ2) is 47.3. The van der Waals surface area contributed by atoms with E-state index in [-0.39, 0.29) is 47.1 Å². The van der Waals surface area contributed by atoms with Crippen LogP contribution >= 0.6 is 101 Å². The molecule has 8 aromatic rings. The quantitative estimate of drug-likeness (QED) is 0.0467. The fourth-order valence-electron chi connectivity index (χ4n) is 8.18. The number of halogens is 7. The van der Waals surface area contributed by atoms with Crippen molar-refractivity contribution in [3.63, 3.8) is 0 Å². The number of carboxylic acid groups (broad SMARTS) is 2. The van der Waals surface area contributed by atoms with Crippen molar-refractivity contribution in [2.24, 2.45) is 0 Å². The fraction of sp³-hybridized carbons (Fsp3) is 0.246. The molecule has 0 bridgehead atoms. The Morgan fingerprint density at radius 1 is 0.576 bits per heavy atom. The molecule has 2 amide bonds. The summed E-state index contributed by atoms with van der Waals surface area (Å²) in [5.74, 6) is 1.77. The molecule has 10 rings (SSSR count). The van der Waals surface area contributed by atoms with Crippen LogP contribution in [0.1, 0.15) is 71.1 Å². The number of amides is 2. The number of hydrogen-bond acceptors (Lipinski definition) is 10. The van der Waals surface area contributed by atoms with Gasteiger partial charge in [0.2, 0.25) is 11.8 Å². The Hall–Kier alpha value is -5.66. The molecule has 2 aliphatic heterocycles. The number of rotatable bonds is 11. The molecule has 0 unspecified atom stereocenters. The predicted octanol–water partition coefficient (Wildman–Crippen LogP) is 17.8. The number of carbonyl (C=O) groups is 4. The number of benzene rings is 8. The van der Waals surface area contributed by atoms with E-state index in [1.807, 2.05) is 138 Å². The molecule has 2 saturated heterocycles. The average Bonchev–Trinajstić information content (AvgIpc) is 1.05. The van der Waals surface area contributed by atoms with Crippen molar-refractivity contribution < 1.29 is 78.8 Å². The van der Waals surface area contributed by atoms with E-state index in [0.717, 1.165) is 127 Å². The Morgan fingerprint density at radius 2 is 0.989 bits per heavy atom. The number of carbonyl (C=O) groups excluding carboxylic acids is 2. The summed E-state index contributed by atoms with van der Waals surface area (Å²) in [4.78, 5) is 41.8. The van der Waals surface area contributed by atoms with Crippen molar-refractivity contribution in [1.82, 2.24) is 10.2 Å². The van der Waals surface area contributed by atoms with Gasteiger partial charge in [0, 0.05) is 122 Å². The van der Waals surface area contributed by atoms with Gasteiger partial charge < -0.3 is 49.4 Å². The van der Waals surface area contributed by atoms with E-state index in [1.165, 1.54) is 21.8 Å². The first kappa shape index (κ1) is 86.3. The minimum absolute atomic E-state index is 0. The van der Waals surface area contributed by atoms with Crippen LogP contribution in [0.2, 0.25) is 20.1 Å². The number of nitrogens with zero attached hydrogens (tertiary/aromatic N) is 1. The zero-order valence-electron chi connectivity index (χ0n) is 50.4. The van der Waals surface area contributed by atoms with Gasteiger partial charge in [-0.15, -0.1) is 0 Å². The number of hydrogen-bond donors (Lipinski definition) is 5. The molecular formula is C69H78BBr2Cl4IN2O12Pd. The first-order valence-electron chi connectivity index (χ1n) is 27.3. The van der Waals surface area contributed by atoms with Crippen LogP contribution in [0.5, 0.6) is 23.0 Å². The Bertz CT molecular complexity index is 3510. The summed E-state index contributed by atoms with van der Waals surface area (Å²) in [5, 5.41) is 39.1. The van der Waals surface area contributed by atoms with Gasteiger partial charge in [-0.1, -0.05) is 159 Å². The van der Waals surface area contributed by atoms with Crippen LogP contribution in [0.3, 0.4) is 0 Å². The third kappa shape index (κ3) is 32.9. The van der Waals surface area contributed by atoms with Crippen LogP contribution in [-0.2, 0) is 51.5 Å². The normalized spacial score (nSPS) is 11.1. The number of likely N-dealkylation sites (tertiary alicyclic amines) is 1. The first-order chi connectivity index (χ1) is 42.4. The molecule has 2 fully saturated rings. The molecule has 0 aromatic heterocycles. The van der Waals surface area contributed by atoms with Crippen LogP contribution < -0.4 is 29.7 Å². The number of nitrogens with one attached hydrogen (secondary N) is 1. The van der Waals surface area contributed by atoms with E-state index >= 15 is 0 Å². The minimum atomic E-state index is -1.50. The molecular weight excluding hydrogens is 1590 g/mol. The summed E-state index contributed by atoms with van der Waals surface area (Å²) >= 11 is 32.6. The molecule has 0 spiro atoms. The zero-order valence-corrected chi connectivity index (χ0v) is 60.3. The van der Waals surface area contributed by atoms with E-state index < -0.39 is 19.1 Å². The van der Waals surface area contributed by atoms with Gasteiger partial charge in [-0.3, -0.25) is 19.2 Å². The summed E-state index contributed by atoms with van der Waals surface area (Å²) in [6.07, 6.45) is 3.38. The van der Waals surface area contributed by atoms with E-state index in [0.29, 0.717) is 29.2 Å². The zero-order chi connectivity index (χ0) is 66.0. The van der Waals surface area contributed by atoms with Crippen LogP contribution in [0.4, 0.5) is 0 Å². The van der Waals surface area contributed by atoms with Crippen LogP contribution in [0.15, 0.2) is 174 Å². The molecule has 23 heteroatoms. The summed E-state index contributed by atoms with van der Waals surface area (Å²) in [6.45, 7) is 6.61. The van der Waals surface area contributed by atoms with E-state index in [2.05, 4.69) is 84.9 Å². The largest absolute Gasteiger partial charge is 0.497 e. The molecule has 92 heavy (non-hydrogen) atoms. The summed E-state index contributed by atoms with van der Waals surface area (Å²) in [6, 6.07) is 54.3. The SMILES string of the molecule is C.C.CC(=O)O.CC(=O)O.COc1ccc(Br)cc1B(O)O.COc1ccc(C)cc1-c1cccc(Cl)c1.COc1ccc(CBr)cc1-c1cccc(Cl)c1.COc1ccc(CN2CCCC2=O)cc1-c1cccc(Cl)c1.Clc1cccc(I)c1.O=C1CCCN1.[Pd]. The van der Waals surface area contributed by atoms with E-state index in [1.54, 1.807) is 39.5 Å². The van der Waals surface area contributed by atoms with Gasteiger partial charge in [0.25, 0.3) is 11.9 Å². The summed E-state index contributed by atoms with van der Waals surface area (Å²) in [7, 11) is 5.00. The number of carboxylic acids is 2. The monoisotopic (exact) mass is 1670 g/mol. The molecule has 0 aliphatic carbocycles. The number of aryl methyl sites for hydroxylation is 1. The minimum Gasteiger partial charge on any atom is -0.497 e. The van der Waals surface area contributed by atoms with E-state index in [4.69, 9.17) is 95.2 Å².